The molecule has 0 bridgehead atoms. The predicted octanol–water partition coefficient (Wildman–Crippen LogP) is 2.39. The summed E-state index contributed by atoms with van der Waals surface area (Å²) in [5.74, 6) is 0.836. The number of rotatable bonds is 2. The van der Waals surface area contributed by atoms with Crippen molar-refractivity contribution in [1.82, 2.24) is 24.8 Å². The van der Waals surface area contributed by atoms with Gasteiger partial charge in [-0.3, -0.25) is 0 Å². The average Bonchev–Trinajstić information content (AvgIpc) is 3.12. The second-order valence-corrected chi connectivity index (χ2v) is 5.93. The molecule has 0 aliphatic heterocycles. The molecule has 114 valence electrons. The summed E-state index contributed by atoms with van der Waals surface area (Å²) in [5, 5.41) is 15.5. The zero-order valence-corrected chi connectivity index (χ0v) is 13.1. The first-order chi connectivity index (χ1) is 11.1. The Kier molecular flexibility index (Phi) is 2.98. The first kappa shape index (κ1) is 13.6. The van der Waals surface area contributed by atoms with Crippen LogP contribution < -0.4 is 11.5 Å². The van der Waals surface area contributed by atoms with Crippen LogP contribution in [0, 0.1) is 6.92 Å². The van der Waals surface area contributed by atoms with Gasteiger partial charge in [0.15, 0.2) is 17.2 Å². The van der Waals surface area contributed by atoms with E-state index in [0.29, 0.717) is 28.0 Å². The Morgan fingerprint density at radius 1 is 1.09 bits per heavy atom. The molecule has 0 radical (unpaired) electrons. The van der Waals surface area contributed by atoms with Gasteiger partial charge in [0.1, 0.15) is 10.8 Å². The van der Waals surface area contributed by atoms with E-state index in [1.54, 1.807) is 9.90 Å². The van der Waals surface area contributed by atoms with Crippen LogP contribution in [-0.2, 0) is 0 Å². The summed E-state index contributed by atoms with van der Waals surface area (Å²) in [4.78, 5) is 4.21. The van der Waals surface area contributed by atoms with Gasteiger partial charge in [-0.2, -0.15) is 9.61 Å². The topological polar surface area (TPSA) is 108 Å². The molecule has 0 spiro atoms. The molecule has 8 heteroatoms. The number of hydrogen-bond acceptors (Lipinski definition) is 7. The van der Waals surface area contributed by atoms with E-state index in [1.165, 1.54) is 11.3 Å². The second kappa shape index (κ2) is 5.03. The maximum absolute atomic E-state index is 6.24. The molecule has 0 saturated carbocycles. The number of thiazole rings is 1. The van der Waals surface area contributed by atoms with Gasteiger partial charge in [-0.15, -0.1) is 21.5 Å². The Labute approximate surface area is 135 Å². The van der Waals surface area contributed by atoms with Crippen molar-refractivity contribution in [3.63, 3.8) is 0 Å². The van der Waals surface area contributed by atoms with Crippen LogP contribution in [0.15, 0.2) is 35.7 Å². The average molecular weight is 323 g/mol. The molecule has 3 aromatic heterocycles. The van der Waals surface area contributed by atoms with E-state index >= 15 is 0 Å². The van der Waals surface area contributed by atoms with Gasteiger partial charge >= 0.3 is 0 Å². The van der Waals surface area contributed by atoms with Crippen molar-refractivity contribution in [2.24, 2.45) is 0 Å². The van der Waals surface area contributed by atoms with Crippen molar-refractivity contribution < 1.29 is 0 Å². The van der Waals surface area contributed by atoms with E-state index in [0.717, 1.165) is 16.8 Å². The Balaban J connectivity index is 1.97. The minimum absolute atomic E-state index is 0.398. The SMILES string of the molecule is Cc1nn2c(N)c(-c3nc(N)cs3)nnc2c1-c1ccccc1. The van der Waals surface area contributed by atoms with Crippen molar-refractivity contribution in [3.8, 4) is 21.8 Å². The normalized spacial score (nSPS) is 11.2. The Hall–Kier alpha value is -3.00. The summed E-state index contributed by atoms with van der Waals surface area (Å²) in [6, 6.07) is 9.94. The molecule has 1 aromatic carbocycles. The lowest BCUT2D eigenvalue weighted by molar-refractivity contribution is 0.892. The molecule has 3 heterocycles. The predicted molar refractivity (Wildman–Crippen MR) is 90.9 cm³/mol. The van der Waals surface area contributed by atoms with E-state index in [2.05, 4.69) is 20.3 Å². The van der Waals surface area contributed by atoms with Crippen molar-refractivity contribution in [1.29, 1.82) is 0 Å². The van der Waals surface area contributed by atoms with Crippen molar-refractivity contribution in [3.05, 3.63) is 41.4 Å². The molecule has 0 aliphatic carbocycles. The van der Waals surface area contributed by atoms with E-state index in [9.17, 15) is 0 Å². The van der Waals surface area contributed by atoms with E-state index < -0.39 is 0 Å². The fraction of sp³-hybridized carbons (Fsp3) is 0.0667. The van der Waals surface area contributed by atoms with Crippen LogP contribution in [0.4, 0.5) is 11.6 Å². The summed E-state index contributed by atoms with van der Waals surface area (Å²) in [7, 11) is 0. The summed E-state index contributed by atoms with van der Waals surface area (Å²) >= 11 is 1.37. The molecule has 0 saturated heterocycles. The van der Waals surface area contributed by atoms with Crippen LogP contribution in [0.1, 0.15) is 5.69 Å². The van der Waals surface area contributed by atoms with E-state index in [1.807, 2.05) is 37.3 Å². The van der Waals surface area contributed by atoms with Crippen LogP contribution >= 0.6 is 11.3 Å². The minimum atomic E-state index is 0.398. The van der Waals surface area contributed by atoms with Gasteiger partial charge in [-0.05, 0) is 12.5 Å². The minimum Gasteiger partial charge on any atom is -0.383 e. The van der Waals surface area contributed by atoms with Crippen LogP contribution in [0.5, 0.6) is 0 Å². The maximum atomic E-state index is 6.24. The van der Waals surface area contributed by atoms with E-state index in [4.69, 9.17) is 11.5 Å². The van der Waals surface area contributed by atoms with Gasteiger partial charge in [0.05, 0.1) is 11.3 Å². The van der Waals surface area contributed by atoms with Gasteiger partial charge in [0.25, 0.3) is 0 Å². The number of benzene rings is 1. The van der Waals surface area contributed by atoms with Crippen molar-refractivity contribution >= 4 is 28.6 Å². The molecular weight excluding hydrogens is 310 g/mol. The number of nitrogen functional groups attached to an aromatic ring is 2. The molecule has 4 aromatic rings. The van der Waals surface area contributed by atoms with Crippen molar-refractivity contribution in [2.75, 3.05) is 11.5 Å². The Morgan fingerprint density at radius 3 is 2.57 bits per heavy atom. The van der Waals surface area contributed by atoms with Crippen LogP contribution in [0.2, 0.25) is 0 Å². The summed E-state index contributed by atoms with van der Waals surface area (Å²) in [6.07, 6.45) is 0. The zero-order chi connectivity index (χ0) is 16.0. The van der Waals surface area contributed by atoms with E-state index in [-0.39, 0.29) is 0 Å². The maximum Gasteiger partial charge on any atom is 0.187 e. The molecule has 7 nitrogen and oxygen atoms in total. The quantitative estimate of drug-likeness (QED) is 0.586. The number of aryl methyl sites for hydroxylation is 1. The number of anilines is 2. The molecule has 0 aliphatic rings. The first-order valence-electron chi connectivity index (χ1n) is 6.93. The highest BCUT2D eigenvalue weighted by Crippen LogP contribution is 2.31. The fourth-order valence-corrected chi connectivity index (χ4v) is 3.21. The third-order valence-corrected chi connectivity index (χ3v) is 4.41. The highest BCUT2D eigenvalue weighted by molar-refractivity contribution is 7.13. The molecule has 0 fully saturated rings. The standard InChI is InChI=1S/C15H13N7S/c1-8-11(9-5-3-2-4-6-9)14-20-19-12(13(17)22(14)21-8)15-18-10(16)7-23-15/h2-7H,16-17H2,1H3. The van der Waals surface area contributed by atoms with Gasteiger partial charge in [0.2, 0.25) is 0 Å². The Morgan fingerprint density at radius 2 is 1.87 bits per heavy atom. The fourth-order valence-electron chi connectivity index (χ4n) is 2.51. The lowest BCUT2D eigenvalue weighted by Crippen LogP contribution is -2.05. The largest absolute Gasteiger partial charge is 0.383 e. The number of fused-ring (bicyclic) bond motifs is 1. The van der Waals surface area contributed by atoms with Gasteiger partial charge in [-0.1, -0.05) is 30.3 Å². The van der Waals surface area contributed by atoms with Crippen molar-refractivity contribution in [2.45, 2.75) is 6.92 Å². The van der Waals surface area contributed by atoms with Gasteiger partial charge in [-0.25, -0.2) is 4.98 Å². The number of nitrogens with two attached hydrogens (primary N) is 2. The molecule has 0 atom stereocenters. The summed E-state index contributed by atoms with van der Waals surface area (Å²) < 4.78 is 1.61. The molecule has 4 rings (SSSR count). The van der Waals surface area contributed by atoms with Gasteiger partial charge in [0, 0.05) is 5.38 Å². The molecule has 0 unspecified atom stereocenters. The third kappa shape index (κ3) is 2.11. The van der Waals surface area contributed by atoms with Gasteiger partial charge < -0.3 is 11.5 Å². The first-order valence-corrected chi connectivity index (χ1v) is 7.81. The van der Waals surface area contributed by atoms with Crippen LogP contribution in [0.25, 0.3) is 27.5 Å². The van der Waals surface area contributed by atoms with Crippen LogP contribution in [-0.4, -0.2) is 24.8 Å². The lowest BCUT2D eigenvalue weighted by atomic mass is 10.1. The monoisotopic (exact) mass is 323 g/mol. The highest BCUT2D eigenvalue weighted by atomic mass is 32.1. The number of nitrogens with zero attached hydrogens (tertiary/aromatic N) is 5. The molecule has 23 heavy (non-hydrogen) atoms. The Bertz CT molecular complexity index is 1000. The highest BCUT2D eigenvalue weighted by Gasteiger charge is 2.19. The number of aromatic nitrogens is 5. The molecular formula is C15H13N7S. The summed E-state index contributed by atoms with van der Waals surface area (Å²) in [5.41, 5.74) is 15.8. The lowest BCUT2D eigenvalue weighted by Gasteiger charge is -2.03. The number of hydrogen-bond donors (Lipinski definition) is 2. The summed E-state index contributed by atoms with van der Waals surface area (Å²) in [6.45, 7) is 1.93. The molecule has 4 N–H and O–H groups in total. The zero-order valence-electron chi connectivity index (χ0n) is 12.3. The second-order valence-electron chi connectivity index (χ2n) is 5.07. The molecule has 0 amide bonds. The van der Waals surface area contributed by atoms with Crippen LogP contribution in [0.3, 0.4) is 0 Å². The smallest absolute Gasteiger partial charge is 0.187 e. The third-order valence-electron chi connectivity index (χ3n) is 3.54.